The molecule has 0 aromatic rings. The zero-order chi connectivity index (χ0) is 12.3. The summed E-state index contributed by atoms with van der Waals surface area (Å²) < 4.78 is 5.12. The number of carboxylic acid groups (broad SMARTS) is 1. The smallest absolute Gasteiger partial charge is 0.328 e. The highest BCUT2D eigenvalue weighted by Crippen LogP contribution is 2.14. The molecule has 2 rings (SSSR count). The molecule has 17 heavy (non-hydrogen) atoms. The minimum atomic E-state index is -0.992. The van der Waals surface area contributed by atoms with Crippen LogP contribution in [0.2, 0.25) is 0 Å². The molecule has 0 radical (unpaired) electrons. The Bertz CT molecular complexity index is 302. The number of amides is 1. The molecular weight excluding hydrogens is 224 g/mol. The van der Waals surface area contributed by atoms with E-state index in [0.717, 1.165) is 25.8 Å². The molecule has 0 spiro atoms. The molecule has 6 nitrogen and oxygen atoms in total. The number of hydrogen-bond acceptors (Lipinski definition) is 4. The molecule has 2 heterocycles. The van der Waals surface area contributed by atoms with Gasteiger partial charge in [0.2, 0.25) is 5.91 Å². The SMILES string of the molecule is O=C(O)C1COCCN1C(=O)[C@@H]1CCCCN1. The third-order valence-corrected chi connectivity index (χ3v) is 3.31. The number of piperidine rings is 1. The number of nitrogens with one attached hydrogen (secondary N) is 1. The lowest BCUT2D eigenvalue weighted by molar-refractivity contribution is -0.159. The van der Waals surface area contributed by atoms with Gasteiger partial charge in [-0.2, -0.15) is 0 Å². The first-order valence-electron chi connectivity index (χ1n) is 6.04. The van der Waals surface area contributed by atoms with Gasteiger partial charge in [-0.3, -0.25) is 4.79 Å². The van der Waals surface area contributed by atoms with E-state index in [4.69, 9.17) is 9.84 Å². The molecule has 0 bridgehead atoms. The fourth-order valence-electron chi connectivity index (χ4n) is 2.33. The fraction of sp³-hybridized carbons (Fsp3) is 0.818. The lowest BCUT2D eigenvalue weighted by Crippen LogP contribution is -2.58. The zero-order valence-electron chi connectivity index (χ0n) is 9.72. The summed E-state index contributed by atoms with van der Waals surface area (Å²) in [6, 6.07) is -1.05. The maximum atomic E-state index is 12.2. The number of aliphatic carboxylic acids is 1. The van der Waals surface area contributed by atoms with Crippen LogP contribution in [0.5, 0.6) is 0 Å². The number of hydrogen-bond donors (Lipinski definition) is 2. The second-order valence-electron chi connectivity index (χ2n) is 4.46. The highest BCUT2D eigenvalue weighted by Gasteiger charge is 2.36. The minimum absolute atomic E-state index is 0.0911. The van der Waals surface area contributed by atoms with Gasteiger partial charge in [0.1, 0.15) is 0 Å². The summed E-state index contributed by atoms with van der Waals surface area (Å²) in [4.78, 5) is 24.7. The number of ether oxygens (including phenoxy) is 1. The van der Waals surface area contributed by atoms with E-state index in [9.17, 15) is 9.59 Å². The molecule has 2 aliphatic heterocycles. The lowest BCUT2D eigenvalue weighted by atomic mass is 10.0. The standard InChI is InChI=1S/C11H18N2O4/c14-10(8-3-1-2-4-12-8)13-5-6-17-7-9(13)11(15)16/h8-9,12H,1-7H2,(H,15,16)/t8-,9?/m0/s1. The van der Waals surface area contributed by atoms with Crippen LogP contribution in [0.4, 0.5) is 0 Å². The Morgan fingerprint density at radius 1 is 1.35 bits per heavy atom. The quantitative estimate of drug-likeness (QED) is 0.678. The number of carboxylic acids is 1. The summed E-state index contributed by atoms with van der Waals surface area (Å²) in [5.41, 5.74) is 0. The number of morpholine rings is 1. The van der Waals surface area contributed by atoms with Crippen LogP contribution in [0.3, 0.4) is 0 Å². The summed E-state index contributed by atoms with van der Waals surface area (Å²) in [5.74, 6) is -1.09. The maximum absolute atomic E-state index is 12.2. The summed E-state index contributed by atoms with van der Waals surface area (Å²) in [6.45, 7) is 1.71. The molecule has 1 unspecified atom stereocenters. The number of rotatable bonds is 2. The third kappa shape index (κ3) is 2.76. The third-order valence-electron chi connectivity index (χ3n) is 3.31. The Labute approximate surface area is 99.9 Å². The van der Waals surface area contributed by atoms with Gasteiger partial charge >= 0.3 is 5.97 Å². The van der Waals surface area contributed by atoms with Crippen molar-refractivity contribution in [2.24, 2.45) is 0 Å². The maximum Gasteiger partial charge on any atom is 0.328 e. The molecular formula is C11H18N2O4. The van der Waals surface area contributed by atoms with E-state index < -0.39 is 12.0 Å². The highest BCUT2D eigenvalue weighted by molar-refractivity contribution is 5.87. The Morgan fingerprint density at radius 3 is 2.82 bits per heavy atom. The Kier molecular flexibility index (Phi) is 3.96. The van der Waals surface area contributed by atoms with Gasteiger partial charge in [0.15, 0.2) is 6.04 Å². The normalized spacial score (nSPS) is 30.0. The van der Waals surface area contributed by atoms with Crippen molar-refractivity contribution in [3.05, 3.63) is 0 Å². The molecule has 2 N–H and O–H groups in total. The van der Waals surface area contributed by atoms with Gasteiger partial charge in [-0.15, -0.1) is 0 Å². The first-order valence-corrected chi connectivity index (χ1v) is 6.04. The van der Waals surface area contributed by atoms with Crippen molar-refractivity contribution in [2.75, 3.05) is 26.3 Å². The average Bonchev–Trinajstić information content (AvgIpc) is 2.39. The van der Waals surface area contributed by atoms with Crippen molar-refractivity contribution >= 4 is 11.9 Å². The van der Waals surface area contributed by atoms with Crippen LogP contribution in [0.1, 0.15) is 19.3 Å². The Balaban J connectivity index is 2.02. The van der Waals surface area contributed by atoms with Crippen LogP contribution in [-0.2, 0) is 14.3 Å². The largest absolute Gasteiger partial charge is 0.480 e. The zero-order valence-corrected chi connectivity index (χ0v) is 9.72. The van der Waals surface area contributed by atoms with Crippen LogP contribution in [0.15, 0.2) is 0 Å². The second-order valence-corrected chi connectivity index (χ2v) is 4.46. The first kappa shape index (κ1) is 12.3. The molecule has 0 aromatic heterocycles. The molecule has 2 fully saturated rings. The fourth-order valence-corrected chi connectivity index (χ4v) is 2.33. The molecule has 0 aromatic carbocycles. The van der Waals surface area contributed by atoms with Gasteiger partial charge in [0.25, 0.3) is 0 Å². The van der Waals surface area contributed by atoms with E-state index in [-0.39, 0.29) is 18.6 Å². The van der Waals surface area contributed by atoms with Crippen molar-refractivity contribution in [3.8, 4) is 0 Å². The van der Waals surface area contributed by atoms with Gasteiger partial charge in [0.05, 0.1) is 19.3 Å². The summed E-state index contributed by atoms with van der Waals surface area (Å²) in [7, 11) is 0. The van der Waals surface area contributed by atoms with Crippen molar-refractivity contribution in [1.82, 2.24) is 10.2 Å². The molecule has 1 amide bonds. The van der Waals surface area contributed by atoms with Gasteiger partial charge in [-0.1, -0.05) is 6.42 Å². The molecule has 96 valence electrons. The highest BCUT2D eigenvalue weighted by atomic mass is 16.5. The predicted octanol–water partition coefficient (Wildman–Crippen LogP) is -0.559. The van der Waals surface area contributed by atoms with Crippen LogP contribution in [0, 0.1) is 0 Å². The topological polar surface area (TPSA) is 78.9 Å². The number of carbonyl (C=O) groups is 2. The van der Waals surface area contributed by atoms with Crippen LogP contribution < -0.4 is 5.32 Å². The summed E-state index contributed by atoms with van der Waals surface area (Å²) in [6.07, 6.45) is 2.89. The predicted molar refractivity (Wildman–Crippen MR) is 59.6 cm³/mol. The van der Waals surface area contributed by atoms with E-state index >= 15 is 0 Å². The van der Waals surface area contributed by atoms with Crippen LogP contribution >= 0.6 is 0 Å². The van der Waals surface area contributed by atoms with Gasteiger partial charge in [-0.05, 0) is 19.4 Å². The van der Waals surface area contributed by atoms with Crippen molar-refractivity contribution < 1.29 is 19.4 Å². The number of carbonyl (C=O) groups excluding carboxylic acids is 1. The van der Waals surface area contributed by atoms with Gasteiger partial charge < -0.3 is 20.1 Å². The molecule has 2 aliphatic rings. The van der Waals surface area contributed by atoms with Crippen LogP contribution in [0.25, 0.3) is 0 Å². The average molecular weight is 242 g/mol. The molecule has 6 heteroatoms. The Hall–Kier alpha value is -1.14. The van der Waals surface area contributed by atoms with E-state index in [1.165, 1.54) is 4.90 Å². The van der Waals surface area contributed by atoms with Gasteiger partial charge in [0, 0.05) is 6.54 Å². The monoisotopic (exact) mass is 242 g/mol. The van der Waals surface area contributed by atoms with E-state index in [1.54, 1.807) is 0 Å². The summed E-state index contributed by atoms with van der Waals surface area (Å²) in [5, 5.41) is 12.2. The van der Waals surface area contributed by atoms with Crippen molar-refractivity contribution in [2.45, 2.75) is 31.3 Å². The summed E-state index contributed by atoms with van der Waals surface area (Å²) >= 11 is 0. The molecule has 0 saturated carbocycles. The van der Waals surface area contributed by atoms with E-state index in [2.05, 4.69) is 5.32 Å². The minimum Gasteiger partial charge on any atom is -0.480 e. The van der Waals surface area contributed by atoms with Gasteiger partial charge in [-0.25, -0.2) is 4.79 Å². The lowest BCUT2D eigenvalue weighted by Gasteiger charge is -2.36. The van der Waals surface area contributed by atoms with E-state index in [0.29, 0.717) is 13.2 Å². The van der Waals surface area contributed by atoms with Crippen molar-refractivity contribution in [3.63, 3.8) is 0 Å². The Morgan fingerprint density at radius 2 is 2.18 bits per heavy atom. The molecule has 2 atom stereocenters. The number of nitrogens with zero attached hydrogens (tertiary/aromatic N) is 1. The molecule has 0 aliphatic carbocycles. The molecule has 2 saturated heterocycles. The first-order chi connectivity index (χ1) is 8.20. The second kappa shape index (κ2) is 5.46. The van der Waals surface area contributed by atoms with Crippen LogP contribution in [-0.4, -0.2) is 60.3 Å². The van der Waals surface area contributed by atoms with Crippen molar-refractivity contribution in [1.29, 1.82) is 0 Å². The van der Waals surface area contributed by atoms with E-state index in [1.807, 2.05) is 0 Å².